The molecule has 0 saturated carbocycles. The average molecular weight is 441 g/mol. The quantitative estimate of drug-likeness (QED) is 0.691. The Balaban J connectivity index is 1.62. The molecule has 1 fully saturated rings. The lowest BCUT2D eigenvalue weighted by Gasteiger charge is -2.35. The molecule has 0 unspecified atom stereocenters. The van der Waals surface area contributed by atoms with Crippen LogP contribution < -0.4 is 9.64 Å². The maximum Gasteiger partial charge on any atom is 0.406 e. The summed E-state index contributed by atoms with van der Waals surface area (Å²) in [5.74, 6) is -0.215. The van der Waals surface area contributed by atoms with Gasteiger partial charge in [0.25, 0.3) is 5.91 Å². The van der Waals surface area contributed by atoms with Gasteiger partial charge >= 0.3 is 6.18 Å². The van der Waals surface area contributed by atoms with Gasteiger partial charge in [0.05, 0.1) is 18.5 Å². The summed E-state index contributed by atoms with van der Waals surface area (Å²) in [5, 5.41) is 1.83. The maximum absolute atomic E-state index is 13.1. The molecule has 1 aliphatic rings. The monoisotopic (exact) mass is 441 g/mol. The highest BCUT2D eigenvalue weighted by molar-refractivity contribution is 7.12. The van der Waals surface area contributed by atoms with E-state index < -0.39 is 18.6 Å². The molecule has 0 N–H and O–H groups in total. The van der Waals surface area contributed by atoms with E-state index in [1.165, 1.54) is 42.7 Å². The van der Waals surface area contributed by atoms with Crippen molar-refractivity contribution in [2.75, 3.05) is 51.3 Å². The molecule has 10 heteroatoms. The van der Waals surface area contributed by atoms with Gasteiger partial charge in [0.2, 0.25) is 5.91 Å². The van der Waals surface area contributed by atoms with Crippen LogP contribution >= 0.6 is 11.3 Å². The van der Waals surface area contributed by atoms with Crippen molar-refractivity contribution in [1.29, 1.82) is 0 Å². The highest BCUT2D eigenvalue weighted by Gasteiger charge is 2.35. The van der Waals surface area contributed by atoms with E-state index in [-0.39, 0.29) is 18.1 Å². The summed E-state index contributed by atoms with van der Waals surface area (Å²) in [6.07, 6.45) is -4.53. The number of amides is 2. The van der Waals surface area contributed by atoms with Crippen LogP contribution in [0.5, 0.6) is 5.75 Å². The molecule has 2 aromatic rings. The van der Waals surface area contributed by atoms with Gasteiger partial charge in [0.1, 0.15) is 12.3 Å². The average Bonchev–Trinajstić information content (AvgIpc) is 3.26. The Morgan fingerprint density at radius 2 is 1.77 bits per heavy atom. The first-order valence-electron chi connectivity index (χ1n) is 9.33. The molecule has 3 rings (SSSR count). The van der Waals surface area contributed by atoms with Gasteiger partial charge in [0, 0.05) is 31.9 Å². The number of benzene rings is 1. The van der Waals surface area contributed by atoms with Crippen LogP contribution in [0.25, 0.3) is 0 Å². The number of carbonyl (C=O) groups excluding carboxylic acids is 2. The Morgan fingerprint density at radius 1 is 1.10 bits per heavy atom. The highest BCUT2D eigenvalue weighted by atomic mass is 32.1. The van der Waals surface area contributed by atoms with Crippen molar-refractivity contribution < 1.29 is 27.5 Å². The van der Waals surface area contributed by atoms with Crippen LogP contribution in [-0.4, -0.2) is 74.2 Å². The van der Waals surface area contributed by atoms with Crippen LogP contribution in [0.2, 0.25) is 0 Å². The first-order valence-corrected chi connectivity index (χ1v) is 10.2. The zero-order valence-electron chi connectivity index (χ0n) is 16.4. The van der Waals surface area contributed by atoms with E-state index in [0.717, 1.165) is 4.90 Å². The Hall–Kier alpha value is -2.59. The van der Waals surface area contributed by atoms with Crippen LogP contribution in [0.15, 0.2) is 41.8 Å². The summed E-state index contributed by atoms with van der Waals surface area (Å²) in [4.78, 5) is 30.0. The zero-order valence-corrected chi connectivity index (χ0v) is 17.2. The Bertz CT molecular complexity index is 848. The molecule has 0 aliphatic carbocycles. The number of rotatable bonds is 6. The lowest BCUT2D eigenvalue weighted by Crippen LogP contribution is -2.52. The summed E-state index contributed by atoms with van der Waals surface area (Å²) < 4.78 is 44.2. The molecular formula is C20H22F3N3O3S. The van der Waals surface area contributed by atoms with Gasteiger partial charge in [-0.3, -0.25) is 14.5 Å². The fourth-order valence-electron chi connectivity index (χ4n) is 3.21. The topological polar surface area (TPSA) is 53.1 Å². The number of halogens is 3. The summed E-state index contributed by atoms with van der Waals surface area (Å²) in [6, 6.07) is 9.45. The van der Waals surface area contributed by atoms with Crippen LogP contribution in [0.4, 0.5) is 18.9 Å². The van der Waals surface area contributed by atoms with Gasteiger partial charge in [-0.05, 0) is 35.7 Å². The third-order valence-electron chi connectivity index (χ3n) is 4.77. The highest BCUT2D eigenvalue weighted by Crippen LogP contribution is 2.25. The Labute approximate surface area is 176 Å². The minimum Gasteiger partial charge on any atom is -0.497 e. The van der Waals surface area contributed by atoms with Crippen LogP contribution in [0.3, 0.4) is 0 Å². The minimum atomic E-state index is -4.53. The summed E-state index contributed by atoms with van der Waals surface area (Å²) in [6.45, 7) is 0.173. The van der Waals surface area contributed by atoms with Gasteiger partial charge in [-0.25, -0.2) is 0 Å². The van der Waals surface area contributed by atoms with Crippen LogP contribution in [-0.2, 0) is 4.79 Å². The van der Waals surface area contributed by atoms with Crippen LogP contribution in [0.1, 0.15) is 9.67 Å². The molecule has 30 heavy (non-hydrogen) atoms. The van der Waals surface area contributed by atoms with Gasteiger partial charge in [-0.15, -0.1) is 11.3 Å². The molecule has 1 aromatic heterocycles. The van der Waals surface area contributed by atoms with Gasteiger partial charge in [0.15, 0.2) is 0 Å². The molecule has 6 nitrogen and oxygen atoms in total. The lowest BCUT2D eigenvalue weighted by molar-refractivity contribution is -0.133. The summed E-state index contributed by atoms with van der Waals surface area (Å²) >= 11 is 1.36. The van der Waals surface area contributed by atoms with E-state index >= 15 is 0 Å². The van der Waals surface area contributed by atoms with E-state index in [1.807, 2.05) is 5.38 Å². The number of alkyl halides is 3. The molecule has 2 amide bonds. The van der Waals surface area contributed by atoms with E-state index in [9.17, 15) is 22.8 Å². The summed E-state index contributed by atoms with van der Waals surface area (Å²) in [5.41, 5.74) is 0.157. The Kier molecular flexibility index (Phi) is 6.99. The predicted molar refractivity (Wildman–Crippen MR) is 108 cm³/mol. The minimum absolute atomic E-state index is 0.0621. The molecule has 0 radical (unpaired) electrons. The van der Waals surface area contributed by atoms with Crippen molar-refractivity contribution in [1.82, 2.24) is 9.80 Å². The molecule has 0 atom stereocenters. The number of thiophene rings is 1. The molecular weight excluding hydrogens is 419 g/mol. The third-order valence-corrected chi connectivity index (χ3v) is 5.63. The number of carbonyl (C=O) groups is 2. The molecule has 1 aliphatic heterocycles. The van der Waals surface area contributed by atoms with Crippen molar-refractivity contribution >= 4 is 28.8 Å². The van der Waals surface area contributed by atoms with Gasteiger partial charge in [-0.2, -0.15) is 13.2 Å². The smallest absolute Gasteiger partial charge is 0.406 e. The van der Waals surface area contributed by atoms with Crippen molar-refractivity contribution in [2.24, 2.45) is 0 Å². The van der Waals surface area contributed by atoms with E-state index in [1.54, 1.807) is 21.9 Å². The van der Waals surface area contributed by atoms with Crippen molar-refractivity contribution in [2.45, 2.75) is 6.18 Å². The van der Waals surface area contributed by atoms with E-state index in [4.69, 9.17) is 4.74 Å². The SMILES string of the molecule is COc1ccc(N(CC(F)(F)F)C(=O)CN2CCN(C(=O)c3cccs3)CC2)cc1. The Morgan fingerprint density at radius 3 is 2.30 bits per heavy atom. The second-order valence-corrected chi connectivity index (χ2v) is 7.79. The standard InChI is InChI=1S/C20H22F3N3O3S/c1-29-16-6-4-15(5-7-16)26(14-20(21,22)23)18(27)13-24-8-10-25(11-9-24)19(28)17-3-2-12-30-17/h2-7,12H,8-11,13-14H2,1H3. The fourth-order valence-corrected chi connectivity index (χ4v) is 3.90. The number of anilines is 1. The number of nitrogens with zero attached hydrogens (tertiary/aromatic N) is 3. The lowest BCUT2D eigenvalue weighted by atomic mass is 10.2. The van der Waals surface area contributed by atoms with Crippen molar-refractivity contribution in [3.8, 4) is 5.75 Å². The number of methoxy groups -OCH3 is 1. The number of piperazine rings is 1. The second-order valence-electron chi connectivity index (χ2n) is 6.84. The van der Waals surface area contributed by atoms with E-state index in [0.29, 0.717) is 36.8 Å². The normalized spacial score (nSPS) is 15.1. The second kappa shape index (κ2) is 9.48. The summed E-state index contributed by atoms with van der Waals surface area (Å²) in [7, 11) is 1.45. The zero-order chi connectivity index (χ0) is 21.7. The fraction of sp³-hybridized carbons (Fsp3) is 0.400. The molecule has 0 bridgehead atoms. The number of ether oxygens (including phenoxy) is 1. The first-order chi connectivity index (χ1) is 14.3. The largest absolute Gasteiger partial charge is 0.497 e. The number of hydrogen-bond acceptors (Lipinski definition) is 5. The number of hydrogen-bond donors (Lipinski definition) is 0. The van der Waals surface area contributed by atoms with Crippen molar-refractivity contribution in [3.05, 3.63) is 46.7 Å². The van der Waals surface area contributed by atoms with Gasteiger partial charge in [-0.1, -0.05) is 6.07 Å². The predicted octanol–water partition coefficient (Wildman–Crippen LogP) is 3.11. The van der Waals surface area contributed by atoms with E-state index in [2.05, 4.69) is 0 Å². The molecule has 162 valence electrons. The molecule has 1 aromatic carbocycles. The maximum atomic E-state index is 13.1. The van der Waals surface area contributed by atoms with Gasteiger partial charge < -0.3 is 14.5 Å². The van der Waals surface area contributed by atoms with Crippen molar-refractivity contribution in [3.63, 3.8) is 0 Å². The molecule has 0 spiro atoms. The molecule has 2 heterocycles. The van der Waals surface area contributed by atoms with Crippen LogP contribution in [0, 0.1) is 0 Å². The molecule has 1 saturated heterocycles. The third kappa shape index (κ3) is 5.73. The first kappa shape index (κ1) is 22.1.